The van der Waals surface area contributed by atoms with Gasteiger partial charge in [0.05, 0.1) is 69.9 Å². The number of aryl methyl sites for hydroxylation is 3. The number of carboxylic acid groups (broad SMARTS) is 1. The molecule has 2 aliphatic rings. The predicted molar refractivity (Wildman–Crippen MR) is 585 cm³/mol. The number of hydrogen-bond acceptors (Lipinski definition) is 23. The third-order valence-electron chi connectivity index (χ3n) is 22.6. The van der Waals surface area contributed by atoms with Crippen LogP contribution < -0.4 is 26.6 Å². The Hall–Kier alpha value is -11.9. The highest BCUT2D eigenvalue weighted by Gasteiger charge is 2.45. The molecule has 0 aliphatic carbocycles. The number of aliphatic carboxylic acids is 1. The van der Waals surface area contributed by atoms with E-state index in [0.717, 1.165) is 67.4 Å². The highest BCUT2D eigenvalue weighted by atomic mass is 32.2. The molecule has 6 N–H and O–H groups in total. The molecule has 0 saturated heterocycles. The van der Waals surface area contributed by atoms with Crippen molar-refractivity contribution in [1.29, 1.82) is 0 Å². The topological polar surface area (TPSA) is 321 Å². The van der Waals surface area contributed by atoms with E-state index in [1.165, 1.54) is 93.6 Å². The number of carbonyl (C=O) groups excluding carboxylic acids is 8. The van der Waals surface area contributed by atoms with Crippen LogP contribution in [0.4, 0.5) is 22.8 Å². The Bertz CT molecular complexity index is 5840. The molecule has 0 saturated carbocycles. The molecule has 145 heavy (non-hydrogen) atoms. The Morgan fingerprint density at radius 1 is 0.476 bits per heavy atom. The molecule has 5 amide bonds. The number of aliphatic imine (C=N–C) groups is 2. The van der Waals surface area contributed by atoms with E-state index in [0.29, 0.717) is 40.1 Å². The second-order valence-electron chi connectivity index (χ2n) is 36.8. The lowest BCUT2D eigenvalue weighted by Crippen LogP contribution is -2.56. The van der Waals surface area contributed by atoms with Crippen LogP contribution in [-0.2, 0) is 87.8 Å². The molecule has 0 bridgehead atoms. The van der Waals surface area contributed by atoms with Crippen molar-refractivity contribution in [3.8, 4) is 20.9 Å². The average Bonchev–Trinajstić information content (AvgIpc) is 1.05. The number of nitrogens with zero attached hydrogens (tertiary/aromatic N) is 4. The maximum atomic E-state index is 14.2. The lowest BCUT2D eigenvalue weighted by Gasteiger charge is -2.35. The van der Waals surface area contributed by atoms with Gasteiger partial charge < -0.3 is 50.6 Å². The SMILES string of the molecule is CC.CCc1ccc(-c2sc(CC)nc2C2=N[C@](C)(C(=O)O)CS2)cc1.CCc1ccc(-c2sc(CNC(=O)OC(C)(C)C)nc2C2=N[C@](C)(C(=O)N[C@H](C(=O)NC(/C=C/CCSC(c3ccccc3)(c3ccccc3)c3ccccc3)CC(=O)OC)C(C)C)CS2)cc1.COC(=O)C[C@@H](/C=C/CCSC(c1ccccc1)(c1ccccc1)c1ccccc1)NC(=O)[C@@H](NC(=O)OC(C)(C)C)C(C)C.[2H]C(=O)C(F)(F)F. The molecule has 0 spiro atoms. The van der Waals surface area contributed by atoms with Gasteiger partial charge in [-0.15, -0.1) is 69.7 Å². The third kappa shape index (κ3) is 35.2. The molecule has 2 aliphatic heterocycles. The first kappa shape index (κ1) is 117. The number of amides is 5. The maximum absolute atomic E-state index is 14.2. The minimum atomic E-state index is -4.97. The van der Waals surface area contributed by atoms with E-state index in [4.69, 9.17) is 40.1 Å². The van der Waals surface area contributed by atoms with Gasteiger partial charge >= 0.3 is 36.3 Å². The average molecular weight is 2090 g/mol. The van der Waals surface area contributed by atoms with E-state index in [1.54, 1.807) is 46.0 Å². The van der Waals surface area contributed by atoms with Gasteiger partial charge in [-0.3, -0.25) is 38.8 Å². The second kappa shape index (κ2) is 56.7. The number of thiazole rings is 2. The normalized spacial score (nSPS) is 15.5. The molecule has 23 nitrogen and oxygen atoms in total. The summed E-state index contributed by atoms with van der Waals surface area (Å²) in [7, 11) is 2.64. The van der Waals surface area contributed by atoms with Gasteiger partial charge in [-0.05, 0) is 166 Å². The fourth-order valence-electron chi connectivity index (χ4n) is 15.2. The molecule has 8 aromatic carbocycles. The van der Waals surface area contributed by atoms with Crippen LogP contribution in [0, 0.1) is 11.8 Å². The Morgan fingerprint density at radius 3 is 1.11 bits per heavy atom. The zero-order valence-corrected chi connectivity index (χ0v) is 90.7. The number of alkyl halides is 3. The number of methoxy groups -OCH3 is 2. The number of ether oxygens (including phenoxy) is 4. The second-order valence-corrected chi connectivity index (χ2v) is 43.5. The van der Waals surface area contributed by atoms with Crippen LogP contribution in [0.5, 0.6) is 0 Å². The molecular weight excluding hydrogens is 1960 g/mol. The number of benzene rings is 8. The van der Waals surface area contributed by atoms with Gasteiger partial charge in [0.2, 0.25) is 24.0 Å². The standard InChI is InChI=1S/C54H63N5O6S3.C37H46N2O5S.C18H20N2O2S2.C2HF3O.C2H6/c1-9-37-28-30-38(31-29-37)47-46(57-43(68-47)34-55-51(63)65-52(4,5)6)49-59-53(7,35-66-49)50(62)58-45(36(2)3)48(61)56-42(33-44(60)64-8)27-19-20-32-67-54(39-21-13-10-14-22-39,40-23-15-11-16-24-40)41-25-17-12-18-26-41;1-27(2)33(39-35(42)44-36(3,4)5)34(41)38-31(26-32(40)43-6)24-16-17-25-45-37(28-18-10-7-11-19-28,29-20-12-8-13-21-29)30-22-14-9-15-23-30;1-4-11-6-8-12(9-7-11)15-14(19-13(5-2)24-15)16-20-18(3,10-23-16)17(21)22;3-2(4,5)1-6;1-2/h10-19,21-31,36,42,45H,9,20,32-35H2,1-8H3,(H,55,63)(H,56,61)(H,58,62);7-16,18-24,27,31,33H,17,25-26H2,1-6H3,(H,38,41)(H,39,42);6-9H,4-5,10H2,1-3H3,(H,21,22);1H;1-2H3/b27-19+;24-16+;;;/t42?,45-,53-;31-,33+;18-;;/m010../s1/i;;;1D;. The first-order valence-electron chi connectivity index (χ1n) is 48.8. The van der Waals surface area contributed by atoms with Crippen molar-refractivity contribution in [3.05, 3.63) is 321 Å². The first-order valence-corrected chi connectivity index (χ1v) is 53.9. The van der Waals surface area contributed by atoms with Crippen molar-refractivity contribution >= 4 is 134 Å². The summed E-state index contributed by atoms with van der Waals surface area (Å²) in [4.78, 5) is 133. The van der Waals surface area contributed by atoms with Crippen LogP contribution in [0.25, 0.3) is 20.9 Å². The first-order chi connectivity index (χ1) is 69.4. The minimum absolute atomic E-state index is 0.0366. The van der Waals surface area contributed by atoms with Crippen molar-refractivity contribution < 1.29 is 81.7 Å². The van der Waals surface area contributed by atoms with Gasteiger partial charge in [0.15, 0.2) is 5.54 Å². The lowest BCUT2D eigenvalue weighted by molar-refractivity contribution is -0.156. The van der Waals surface area contributed by atoms with Crippen LogP contribution in [0.2, 0.25) is 0 Å². The number of thioether (sulfide) groups is 4. The minimum Gasteiger partial charge on any atom is -0.479 e. The van der Waals surface area contributed by atoms with Crippen molar-refractivity contribution in [2.75, 3.05) is 37.2 Å². The Balaban J connectivity index is 0.000000283. The van der Waals surface area contributed by atoms with Crippen LogP contribution in [-0.4, -0.2) is 169 Å². The largest absolute Gasteiger partial charge is 0.479 e. The third-order valence-corrected chi connectivity index (χ3v) is 30.6. The number of aldehydes is 1. The Kier molecular flexibility index (Phi) is 45.6. The van der Waals surface area contributed by atoms with Gasteiger partial charge in [-0.2, -0.15) is 13.2 Å². The molecule has 12 rings (SSSR count). The highest BCUT2D eigenvalue weighted by molar-refractivity contribution is 8.15. The number of rotatable bonds is 39. The van der Waals surface area contributed by atoms with Crippen molar-refractivity contribution in [2.45, 2.75) is 231 Å². The molecule has 32 heteroatoms. The summed E-state index contributed by atoms with van der Waals surface area (Å²) < 4.78 is 57.2. The van der Waals surface area contributed by atoms with Crippen LogP contribution in [0.1, 0.15) is 211 Å². The molecule has 1 unspecified atom stereocenters. The molecule has 6 atom stereocenters. The summed E-state index contributed by atoms with van der Waals surface area (Å²) >= 11 is 9.70. The monoisotopic (exact) mass is 2090 g/mol. The molecule has 0 fully saturated rings. The quantitative estimate of drug-likeness (QED) is 0.00520. The summed E-state index contributed by atoms with van der Waals surface area (Å²) in [6.07, 6.45) is 2.94. The zero-order valence-electron chi connectivity index (χ0n) is 86.8. The summed E-state index contributed by atoms with van der Waals surface area (Å²) in [5.74, 6) is -1.26. The molecule has 0 radical (unpaired) electrons. The highest BCUT2D eigenvalue weighted by Crippen LogP contribution is 2.51. The van der Waals surface area contributed by atoms with Crippen LogP contribution in [0.3, 0.4) is 0 Å². The molecular formula is C113H136F3N9O14S6. The van der Waals surface area contributed by atoms with E-state index in [-0.39, 0.29) is 31.2 Å². The van der Waals surface area contributed by atoms with Crippen LogP contribution >= 0.6 is 69.7 Å². The number of allylic oxidation sites excluding steroid dienone is 2. The number of carboxylic acids is 1. The fraction of sp³-hybridized carbons (Fsp3) is 0.389. The van der Waals surface area contributed by atoms with Crippen molar-refractivity contribution in [1.82, 2.24) is 36.6 Å². The predicted octanol–water partition coefficient (Wildman–Crippen LogP) is 23.8. The number of aromatic nitrogens is 2. The van der Waals surface area contributed by atoms with Gasteiger partial charge in [0.1, 0.15) is 56.7 Å². The van der Waals surface area contributed by atoms with Crippen molar-refractivity contribution in [3.63, 3.8) is 0 Å². The van der Waals surface area contributed by atoms with E-state index in [2.05, 4.69) is 246 Å². The lowest BCUT2D eigenvalue weighted by atomic mass is 9.84. The number of halogens is 3. The molecule has 774 valence electrons. The van der Waals surface area contributed by atoms with E-state index in [1.807, 2.05) is 147 Å². The van der Waals surface area contributed by atoms with Crippen LogP contribution in [0.15, 0.2) is 265 Å². The van der Waals surface area contributed by atoms with Gasteiger partial charge in [-0.25, -0.2) is 24.4 Å². The van der Waals surface area contributed by atoms with Gasteiger partial charge in [0.25, 0.3) is 0 Å². The molecule has 2 aromatic heterocycles. The molecule has 4 heterocycles. The van der Waals surface area contributed by atoms with Gasteiger partial charge in [-0.1, -0.05) is 317 Å². The van der Waals surface area contributed by atoms with E-state index in [9.17, 15) is 56.6 Å². The number of nitrogens with one attached hydrogen (secondary N) is 5. The Morgan fingerprint density at radius 2 is 0.800 bits per heavy atom. The van der Waals surface area contributed by atoms with E-state index >= 15 is 0 Å². The number of hydrogen-bond donors (Lipinski definition) is 6. The van der Waals surface area contributed by atoms with Crippen molar-refractivity contribution in [2.24, 2.45) is 21.8 Å². The number of carbonyl (C=O) groups is 9. The summed E-state index contributed by atoms with van der Waals surface area (Å²) in [6, 6.07) is 76.7. The Labute approximate surface area is 877 Å². The van der Waals surface area contributed by atoms with Gasteiger partial charge in [0, 0.05) is 11.5 Å². The fourth-order valence-corrected chi connectivity index (χ4v) is 22.6. The zero-order chi connectivity index (χ0) is 107. The maximum Gasteiger partial charge on any atom is 0.446 e. The molecule has 10 aromatic rings. The van der Waals surface area contributed by atoms with E-state index < -0.39 is 116 Å². The smallest absolute Gasteiger partial charge is 0.446 e. The summed E-state index contributed by atoms with van der Waals surface area (Å²) in [6.45, 7) is 32.0. The summed E-state index contributed by atoms with van der Waals surface area (Å²) in [5, 5.41) is 26.9. The summed E-state index contributed by atoms with van der Waals surface area (Å²) in [5.41, 5.74) is 9.45. The number of esters is 2. The number of alkyl carbamates (subject to hydrolysis) is 2.